The first-order valence-electron chi connectivity index (χ1n) is 8.86. The molecule has 0 aliphatic heterocycles. The van der Waals surface area contributed by atoms with Crippen molar-refractivity contribution in [1.29, 1.82) is 0 Å². The molecule has 0 radical (unpaired) electrons. The van der Waals surface area contributed by atoms with Gasteiger partial charge in [0.15, 0.2) is 6.10 Å². The zero-order chi connectivity index (χ0) is 19.3. The number of carboxylic acid groups (broad SMARTS) is 1. The molecule has 1 aliphatic carbocycles. The van der Waals surface area contributed by atoms with Crippen LogP contribution in [0.2, 0.25) is 0 Å². The summed E-state index contributed by atoms with van der Waals surface area (Å²) in [5.41, 5.74) is -1.50. The molecule has 1 fully saturated rings. The number of rotatable bonds is 7. The number of ether oxygens (including phenoxy) is 2. The molecular weight excluding hydrogens is 326 g/mol. The number of hydrogen-bond donors (Lipinski definition) is 2. The minimum absolute atomic E-state index is 0.0910. The molecule has 0 aromatic heterocycles. The zero-order valence-corrected chi connectivity index (χ0v) is 15.9. The van der Waals surface area contributed by atoms with E-state index in [0.717, 1.165) is 12.8 Å². The second kappa shape index (κ2) is 8.54. The number of carbonyl (C=O) groups is 3. The number of hydrogen-bond acceptors (Lipinski definition) is 5. The van der Waals surface area contributed by atoms with E-state index in [9.17, 15) is 19.5 Å². The molecule has 0 spiro atoms. The van der Waals surface area contributed by atoms with Crippen LogP contribution in [-0.4, -0.2) is 41.4 Å². The Balaban J connectivity index is 2.74. The third-order valence-electron chi connectivity index (χ3n) is 4.17. The van der Waals surface area contributed by atoms with Crippen molar-refractivity contribution in [2.45, 2.75) is 78.4 Å². The van der Waals surface area contributed by atoms with Gasteiger partial charge in [0.05, 0.1) is 5.41 Å². The van der Waals surface area contributed by atoms with Crippen LogP contribution in [0.1, 0.15) is 66.7 Å². The van der Waals surface area contributed by atoms with Gasteiger partial charge in [-0.3, -0.25) is 4.79 Å². The van der Waals surface area contributed by atoms with Gasteiger partial charge in [0.1, 0.15) is 5.60 Å². The lowest BCUT2D eigenvalue weighted by Gasteiger charge is -2.29. The van der Waals surface area contributed by atoms with Crippen molar-refractivity contribution in [2.75, 3.05) is 6.54 Å². The number of esters is 1. The van der Waals surface area contributed by atoms with E-state index in [1.165, 1.54) is 0 Å². The van der Waals surface area contributed by atoms with Gasteiger partial charge in [-0.25, -0.2) is 9.59 Å². The summed E-state index contributed by atoms with van der Waals surface area (Å²) in [7, 11) is 0. The third-order valence-corrected chi connectivity index (χ3v) is 4.17. The van der Waals surface area contributed by atoms with Crippen molar-refractivity contribution >= 4 is 18.0 Å². The number of carboxylic acids is 1. The van der Waals surface area contributed by atoms with Crippen molar-refractivity contribution in [1.82, 2.24) is 5.32 Å². The van der Waals surface area contributed by atoms with Gasteiger partial charge in [-0.1, -0.05) is 26.7 Å². The van der Waals surface area contributed by atoms with Crippen LogP contribution in [0.25, 0.3) is 0 Å². The Kier molecular flexibility index (Phi) is 7.26. The summed E-state index contributed by atoms with van der Waals surface area (Å²) in [6.07, 6.45) is 1.32. The Morgan fingerprint density at radius 3 is 2.16 bits per heavy atom. The molecule has 0 unspecified atom stereocenters. The van der Waals surface area contributed by atoms with E-state index >= 15 is 0 Å². The minimum Gasteiger partial charge on any atom is -0.479 e. The van der Waals surface area contributed by atoms with Crippen molar-refractivity contribution in [3.63, 3.8) is 0 Å². The van der Waals surface area contributed by atoms with Crippen LogP contribution in [0.15, 0.2) is 0 Å². The van der Waals surface area contributed by atoms with Crippen LogP contribution >= 0.6 is 0 Å². The van der Waals surface area contributed by atoms with Crippen LogP contribution in [0.3, 0.4) is 0 Å². The van der Waals surface area contributed by atoms with Crippen LogP contribution in [-0.2, 0) is 19.1 Å². The molecule has 0 bridgehead atoms. The smallest absolute Gasteiger partial charge is 0.407 e. The summed E-state index contributed by atoms with van der Waals surface area (Å²) in [4.78, 5) is 35.9. The fourth-order valence-electron chi connectivity index (χ4n) is 2.94. The molecule has 1 aliphatic rings. The Bertz CT molecular complexity index is 488. The molecule has 2 N–H and O–H groups in total. The monoisotopic (exact) mass is 357 g/mol. The van der Waals surface area contributed by atoms with Crippen LogP contribution < -0.4 is 5.32 Å². The van der Waals surface area contributed by atoms with E-state index in [1.807, 2.05) is 13.8 Å². The molecule has 0 aromatic carbocycles. The maximum atomic E-state index is 12.7. The summed E-state index contributed by atoms with van der Waals surface area (Å²) in [6.45, 7) is 9.12. The van der Waals surface area contributed by atoms with E-state index in [-0.39, 0.29) is 18.9 Å². The predicted octanol–water partition coefficient (Wildman–Crippen LogP) is 3.11. The first-order valence-corrected chi connectivity index (χ1v) is 8.86. The molecule has 0 aromatic rings. The van der Waals surface area contributed by atoms with Crippen LogP contribution in [0.4, 0.5) is 4.79 Å². The normalized spacial score (nSPS) is 17.8. The van der Waals surface area contributed by atoms with Crippen molar-refractivity contribution in [2.24, 2.45) is 11.3 Å². The van der Waals surface area contributed by atoms with E-state index in [1.54, 1.807) is 20.8 Å². The molecule has 0 saturated heterocycles. The molecule has 1 atom stereocenters. The summed E-state index contributed by atoms with van der Waals surface area (Å²) in [6, 6.07) is 0. The summed E-state index contributed by atoms with van der Waals surface area (Å²) < 4.78 is 10.5. The molecule has 1 saturated carbocycles. The number of amides is 1. The van der Waals surface area contributed by atoms with Gasteiger partial charge in [0.25, 0.3) is 0 Å². The highest BCUT2D eigenvalue weighted by molar-refractivity contribution is 5.82. The lowest BCUT2D eigenvalue weighted by atomic mass is 9.86. The Morgan fingerprint density at radius 1 is 1.16 bits per heavy atom. The first-order chi connectivity index (χ1) is 11.4. The Labute approximate surface area is 149 Å². The Hall–Kier alpha value is -1.79. The second-order valence-corrected chi connectivity index (χ2v) is 8.20. The molecule has 25 heavy (non-hydrogen) atoms. The van der Waals surface area contributed by atoms with E-state index < -0.39 is 35.2 Å². The fraction of sp³-hybridized carbons (Fsp3) is 0.833. The molecule has 7 heteroatoms. The summed E-state index contributed by atoms with van der Waals surface area (Å²) >= 11 is 0. The molecule has 144 valence electrons. The SMILES string of the molecule is CC(C)C[C@H](OC(=O)C1(CNC(=O)OC(C)(C)C)CCCC1)C(=O)O. The molecule has 1 amide bonds. The van der Waals surface area contributed by atoms with Gasteiger partial charge in [0, 0.05) is 6.54 Å². The van der Waals surface area contributed by atoms with E-state index in [4.69, 9.17) is 9.47 Å². The van der Waals surface area contributed by atoms with E-state index in [0.29, 0.717) is 12.8 Å². The van der Waals surface area contributed by atoms with Gasteiger partial charge >= 0.3 is 18.0 Å². The molecule has 0 heterocycles. The lowest BCUT2D eigenvalue weighted by molar-refractivity contribution is -0.172. The lowest BCUT2D eigenvalue weighted by Crippen LogP contribution is -2.45. The zero-order valence-electron chi connectivity index (χ0n) is 15.9. The quantitative estimate of drug-likeness (QED) is 0.679. The Morgan fingerprint density at radius 2 is 1.72 bits per heavy atom. The number of nitrogens with one attached hydrogen (secondary N) is 1. The molecule has 7 nitrogen and oxygen atoms in total. The largest absolute Gasteiger partial charge is 0.479 e. The number of carbonyl (C=O) groups excluding carboxylic acids is 2. The standard InChI is InChI=1S/C18H31NO6/c1-12(2)10-13(14(20)21)24-15(22)18(8-6-7-9-18)11-19-16(23)25-17(3,4)5/h12-13H,6-11H2,1-5H3,(H,19,23)(H,20,21)/t13-/m0/s1. The molecular formula is C18H31NO6. The third kappa shape index (κ3) is 6.92. The first kappa shape index (κ1) is 21.3. The number of aliphatic carboxylic acids is 1. The van der Waals surface area contributed by atoms with Crippen LogP contribution in [0.5, 0.6) is 0 Å². The topological polar surface area (TPSA) is 102 Å². The number of alkyl carbamates (subject to hydrolysis) is 1. The second-order valence-electron chi connectivity index (χ2n) is 8.20. The fourth-order valence-corrected chi connectivity index (χ4v) is 2.94. The molecule has 1 rings (SSSR count). The highest BCUT2D eigenvalue weighted by Gasteiger charge is 2.44. The van der Waals surface area contributed by atoms with Gasteiger partial charge < -0.3 is 19.9 Å². The summed E-state index contributed by atoms with van der Waals surface area (Å²) in [5, 5.41) is 11.9. The van der Waals surface area contributed by atoms with Gasteiger partial charge in [-0.05, 0) is 46.0 Å². The average Bonchev–Trinajstić information content (AvgIpc) is 2.92. The van der Waals surface area contributed by atoms with E-state index in [2.05, 4.69) is 5.32 Å². The van der Waals surface area contributed by atoms with Crippen molar-refractivity contribution in [3.8, 4) is 0 Å². The van der Waals surface area contributed by atoms with Gasteiger partial charge in [-0.2, -0.15) is 0 Å². The maximum absolute atomic E-state index is 12.7. The van der Waals surface area contributed by atoms with Crippen molar-refractivity contribution < 1.29 is 29.0 Å². The van der Waals surface area contributed by atoms with Gasteiger partial charge in [-0.15, -0.1) is 0 Å². The minimum atomic E-state index is -1.16. The maximum Gasteiger partial charge on any atom is 0.407 e. The highest BCUT2D eigenvalue weighted by Crippen LogP contribution is 2.39. The predicted molar refractivity (Wildman–Crippen MR) is 92.1 cm³/mol. The van der Waals surface area contributed by atoms with Crippen LogP contribution in [0, 0.1) is 11.3 Å². The average molecular weight is 357 g/mol. The van der Waals surface area contributed by atoms with Crippen molar-refractivity contribution in [3.05, 3.63) is 0 Å². The summed E-state index contributed by atoms with van der Waals surface area (Å²) in [5.74, 6) is -1.60. The van der Waals surface area contributed by atoms with Gasteiger partial charge in [0.2, 0.25) is 0 Å². The highest BCUT2D eigenvalue weighted by atomic mass is 16.6.